The van der Waals surface area contributed by atoms with Gasteiger partial charge in [0.15, 0.2) is 11.5 Å². The van der Waals surface area contributed by atoms with E-state index in [4.69, 9.17) is 11.6 Å². The zero-order valence-corrected chi connectivity index (χ0v) is 15.2. The molecule has 0 bridgehead atoms. The third kappa shape index (κ3) is 4.43. The summed E-state index contributed by atoms with van der Waals surface area (Å²) in [5.41, 5.74) is 1.39. The number of anilines is 1. The molecule has 0 saturated heterocycles. The fourth-order valence-corrected chi connectivity index (χ4v) is 3.15. The highest BCUT2D eigenvalue weighted by Gasteiger charge is 2.20. The van der Waals surface area contributed by atoms with Crippen molar-refractivity contribution >= 4 is 40.7 Å². The SMILES string of the molecule is CSCC[C@H](NC(=O)Nc1cccc(Cl)c1)c1nnc2ccccn12. The van der Waals surface area contributed by atoms with E-state index in [2.05, 4.69) is 20.8 Å². The molecule has 130 valence electrons. The van der Waals surface area contributed by atoms with Crippen LogP contribution in [0.4, 0.5) is 10.5 Å². The van der Waals surface area contributed by atoms with Crippen LogP contribution in [-0.4, -0.2) is 32.6 Å². The molecule has 2 amide bonds. The van der Waals surface area contributed by atoms with Crippen molar-refractivity contribution in [1.29, 1.82) is 0 Å². The number of halogens is 1. The van der Waals surface area contributed by atoms with E-state index in [-0.39, 0.29) is 12.1 Å². The monoisotopic (exact) mass is 375 g/mol. The van der Waals surface area contributed by atoms with Crippen LogP contribution in [0.5, 0.6) is 0 Å². The lowest BCUT2D eigenvalue weighted by Gasteiger charge is -2.17. The number of nitrogens with zero attached hydrogens (tertiary/aromatic N) is 3. The molecule has 0 aliphatic rings. The Bertz CT molecular complexity index is 869. The highest BCUT2D eigenvalue weighted by atomic mass is 35.5. The van der Waals surface area contributed by atoms with Crippen molar-refractivity contribution in [2.75, 3.05) is 17.3 Å². The van der Waals surface area contributed by atoms with Crippen LogP contribution in [0.25, 0.3) is 5.65 Å². The Morgan fingerprint density at radius 3 is 2.96 bits per heavy atom. The molecule has 8 heteroatoms. The number of hydrogen-bond acceptors (Lipinski definition) is 4. The second-order valence-electron chi connectivity index (χ2n) is 5.43. The second-order valence-corrected chi connectivity index (χ2v) is 6.85. The Balaban J connectivity index is 1.77. The number of rotatable bonds is 6. The van der Waals surface area contributed by atoms with Gasteiger partial charge in [-0.25, -0.2) is 4.79 Å². The number of benzene rings is 1. The normalized spacial score (nSPS) is 12.1. The third-order valence-electron chi connectivity index (χ3n) is 3.65. The summed E-state index contributed by atoms with van der Waals surface area (Å²) in [5, 5.41) is 14.8. The van der Waals surface area contributed by atoms with Gasteiger partial charge in [-0.2, -0.15) is 11.8 Å². The number of carbonyl (C=O) groups is 1. The summed E-state index contributed by atoms with van der Waals surface area (Å²) in [7, 11) is 0. The Kier molecular flexibility index (Phi) is 5.78. The molecule has 0 saturated carbocycles. The summed E-state index contributed by atoms with van der Waals surface area (Å²) in [6, 6.07) is 12.2. The summed E-state index contributed by atoms with van der Waals surface area (Å²) in [6.07, 6.45) is 4.68. The number of nitrogens with one attached hydrogen (secondary N) is 2. The number of pyridine rings is 1. The molecule has 0 spiro atoms. The molecule has 2 N–H and O–H groups in total. The van der Waals surface area contributed by atoms with Crippen molar-refractivity contribution < 1.29 is 4.79 Å². The maximum absolute atomic E-state index is 12.4. The van der Waals surface area contributed by atoms with Gasteiger partial charge in [0.1, 0.15) is 0 Å². The van der Waals surface area contributed by atoms with Crippen LogP contribution >= 0.6 is 23.4 Å². The highest BCUT2D eigenvalue weighted by molar-refractivity contribution is 7.98. The van der Waals surface area contributed by atoms with E-state index < -0.39 is 0 Å². The van der Waals surface area contributed by atoms with Crippen LogP contribution in [0.15, 0.2) is 48.7 Å². The van der Waals surface area contributed by atoms with Crippen LogP contribution < -0.4 is 10.6 Å². The van der Waals surface area contributed by atoms with Gasteiger partial charge >= 0.3 is 6.03 Å². The first-order chi connectivity index (χ1) is 12.2. The fraction of sp³-hybridized carbons (Fsp3) is 0.235. The molecule has 0 aliphatic heterocycles. The second kappa shape index (κ2) is 8.22. The lowest BCUT2D eigenvalue weighted by Crippen LogP contribution is -2.34. The lowest BCUT2D eigenvalue weighted by atomic mass is 10.2. The standard InChI is InChI=1S/C17H18ClN5OS/c1-25-10-8-14(16-22-21-15-7-2-3-9-23(15)16)20-17(24)19-13-6-4-5-12(18)11-13/h2-7,9,11,14H,8,10H2,1H3,(H2,19,20,24)/t14-/m0/s1. The Hall–Kier alpha value is -2.25. The topological polar surface area (TPSA) is 71.3 Å². The molecule has 0 radical (unpaired) electrons. The molecule has 2 heterocycles. The number of hydrogen-bond donors (Lipinski definition) is 2. The average Bonchev–Trinajstić information content (AvgIpc) is 3.02. The first kappa shape index (κ1) is 17.6. The molecule has 0 unspecified atom stereocenters. The predicted octanol–water partition coefficient (Wildman–Crippen LogP) is 4.00. The lowest BCUT2D eigenvalue weighted by molar-refractivity contribution is 0.247. The summed E-state index contributed by atoms with van der Waals surface area (Å²) in [4.78, 5) is 12.4. The van der Waals surface area contributed by atoms with Crippen molar-refractivity contribution in [3.63, 3.8) is 0 Å². The van der Waals surface area contributed by atoms with Crippen LogP contribution in [-0.2, 0) is 0 Å². The molecular formula is C17H18ClN5OS. The van der Waals surface area contributed by atoms with E-state index in [0.29, 0.717) is 16.5 Å². The Morgan fingerprint density at radius 2 is 2.16 bits per heavy atom. The fourth-order valence-electron chi connectivity index (χ4n) is 2.49. The predicted molar refractivity (Wildman–Crippen MR) is 102 cm³/mol. The van der Waals surface area contributed by atoms with E-state index in [9.17, 15) is 4.79 Å². The van der Waals surface area contributed by atoms with Crippen LogP contribution in [0, 0.1) is 0 Å². The van der Waals surface area contributed by atoms with Gasteiger partial charge in [0.2, 0.25) is 0 Å². The third-order valence-corrected chi connectivity index (χ3v) is 4.53. The minimum absolute atomic E-state index is 0.246. The zero-order chi connectivity index (χ0) is 17.6. The molecule has 25 heavy (non-hydrogen) atoms. The Morgan fingerprint density at radius 1 is 1.28 bits per heavy atom. The number of thioether (sulfide) groups is 1. The minimum atomic E-state index is -0.305. The van der Waals surface area contributed by atoms with Gasteiger partial charge in [-0.15, -0.1) is 10.2 Å². The van der Waals surface area contributed by atoms with Crippen molar-refractivity contribution in [1.82, 2.24) is 19.9 Å². The number of fused-ring (bicyclic) bond motifs is 1. The Labute approximate surface area is 155 Å². The van der Waals surface area contributed by atoms with E-state index in [1.54, 1.807) is 36.0 Å². The molecular weight excluding hydrogens is 358 g/mol. The molecule has 3 aromatic rings. The van der Waals surface area contributed by atoms with Gasteiger partial charge in [-0.05, 0) is 48.8 Å². The molecule has 1 aromatic carbocycles. The first-order valence-corrected chi connectivity index (χ1v) is 9.56. The molecule has 2 aromatic heterocycles. The average molecular weight is 376 g/mol. The quantitative estimate of drug-likeness (QED) is 0.683. The summed E-state index contributed by atoms with van der Waals surface area (Å²) >= 11 is 7.67. The first-order valence-electron chi connectivity index (χ1n) is 7.79. The van der Waals surface area contributed by atoms with Gasteiger partial charge in [-0.1, -0.05) is 23.7 Å². The van der Waals surface area contributed by atoms with Gasteiger partial charge in [-0.3, -0.25) is 4.40 Å². The van der Waals surface area contributed by atoms with Crippen molar-refractivity contribution in [3.8, 4) is 0 Å². The number of urea groups is 1. The molecule has 6 nitrogen and oxygen atoms in total. The smallest absolute Gasteiger partial charge is 0.319 e. The van der Waals surface area contributed by atoms with Crippen LogP contribution in [0.1, 0.15) is 18.3 Å². The van der Waals surface area contributed by atoms with E-state index in [1.165, 1.54) is 0 Å². The zero-order valence-electron chi connectivity index (χ0n) is 13.6. The number of carbonyl (C=O) groups excluding carboxylic acids is 1. The van der Waals surface area contributed by atoms with Crippen LogP contribution in [0.3, 0.4) is 0 Å². The molecule has 3 rings (SSSR count). The van der Waals surface area contributed by atoms with Crippen molar-refractivity contribution in [2.24, 2.45) is 0 Å². The minimum Gasteiger partial charge on any atom is -0.328 e. The van der Waals surface area contributed by atoms with Gasteiger partial charge in [0.05, 0.1) is 6.04 Å². The highest BCUT2D eigenvalue weighted by Crippen LogP contribution is 2.19. The molecule has 1 atom stereocenters. The van der Waals surface area contributed by atoms with Gasteiger partial charge in [0, 0.05) is 16.9 Å². The molecule has 0 fully saturated rings. The molecule has 0 aliphatic carbocycles. The van der Waals surface area contributed by atoms with E-state index >= 15 is 0 Å². The summed E-state index contributed by atoms with van der Waals surface area (Å²) in [5.74, 6) is 1.61. The summed E-state index contributed by atoms with van der Waals surface area (Å²) < 4.78 is 1.89. The van der Waals surface area contributed by atoms with E-state index in [0.717, 1.165) is 17.8 Å². The number of amides is 2. The number of aromatic nitrogens is 3. The van der Waals surface area contributed by atoms with Gasteiger partial charge in [0.25, 0.3) is 0 Å². The van der Waals surface area contributed by atoms with E-state index in [1.807, 2.05) is 35.1 Å². The maximum atomic E-state index is 12.4. The maximum Gasteiger partial charge on any atom is 0.319 e. The largest absolute Gasteiger partial charge is 0.328 e. The van der Waals surface area contributed by atoms with Crippen LogP contribution in [0.2, 0.25) is 5.02 Å². The summed E-state index contributed by atoms with van der Waals surface area (Å²) in [6.45, 7) is 0. The van der Waals surface area contributed by atoms with Crippen molar-refractivity contribution in [3.05, 3.63) is 59.5 Å². The van der Waals surface area contributed by atoms with Gasteiger partial charge < -0.3 is 10.6 Å². The van der Waals surface area contributed by atoms with Crippen molar-refractivity contribution in [2.45, 2.75) is 12.5 Å².